The van der Waals surface area contributed by atoms with E-state index in [-0.39, 0.29) is 12.4 Å². The molecule has 3 rings (SSSR count). The number of fused-ring (bicyclic) bond motifs is 1. The number of aryl methyl sites for hydroxylation is 1. The molecule has 2 aromatic heterocycles. The van der Waals surface area contributed by atoms with E-state index >= 15 is 0 Å². The predicted octanol–water partition coefficient (Wildman–Crippen LogP) is 3.38. The van der Waals surface area contributed by atoms with Crippen LogP contribution in [-0.4, -0.2) is 16.5 Å². The maximum absolute atomic E-state index is 4.65. The minimum Gasteiger partial charge on any atom is -0.369 e. The molecule has 0 bridgehead atoms. The Labute approximate surface area is 111 Å². The summed E-state index contributed by atoms with van der Waals surface area (Å²) in [6, 6.07) is 4.01. The Balaban J connectivity index is 0.00000108. The van der Waals surface area contributed by atoms with Gasteiger partial charge in [0.15, 0.2) is 0 Å². The number of aromatic nitrogens is 2. The minimum absolute atomic E-state index is 0. The van der Waals surface area contributed by atoms with Gasteiger partial charge >= 0.3 is 0 Å². The van der Waals surface area contributed by atoms with Gasteiger partial charge in [0.05, 0.1) is 0 Å². The Morgan fingerprint density at radius 1 is 1.29 bits per heavy atom. The Bertz CT molecular complexity index is 460. The molecule has 0 unspecified atom stereocenters. The molecule has 0 spiro atoms. The van der Waals surface area contributed by atoms with Crippen molar-refractivity contribution < 1.29 is 0 Å². The lowest BCUT2D eigenvalue weighted by Crippen LogP contribution is -1.99. The van der Waals surface area contributed by atoms with Crippen LogP contribution in [0, 0.1) is 0 Å². The monoisotopic (exact) mass is 267 g/mol. The smallest absolute Gasteiger partial charge is 0.140 e. The van der Waals surface area contributed by atoms with Gasteiger partial charge in [-0.3, -0.25) is 4.98 Å². The quantitative estimate of drug-likeness (QED) is 0.861. The molecule has 1 aliphatic heterocycles. The average Bonchev–Trinajstić information content (AvgIpc) is 2.62. The normalized spacial score (nSPS) is 14.1. The highest BCUT2D eigenvalue weighted by atomic mass is 35.5. The Hall–Kier alpha value is -1.13. The highest BCUT2D eigenvalue weighted by Gasteiger charge is 2.14. The van der Waals surface area contributed by atoms with Crippen LogP contribution < -0.4 is 5.32 Å². The molecule has 0 aromatic carbocycles. The third kappa shape index (κ3) is 2.58. The van der Waals surface area contributed by atoms with Crippen LogP contribution in [0.4, 0.5) is 5.82 Å². The highest BCUT2D eigenvalue weighted by molar-refractivity contribution is 7.15. The van der Waals surface area contributed by atoms with Crippen LogP contribution >= 0.6 is 23.7 Å². The van der Waals surface area contributed by atoms with Crippen LogP contribution in [0.5, 0.6) is 0 Å². The van der Waals surface area contributed by atoms with Crippen LogP contribution in [0.3, 0.4) is 0 Å². The number of hydrogen-bond donors (Lipinski definition) is 1. The van der Waals surface area contributed by atoms with E-state index in [9.17, 15) is 0 Å². The molecular formula is C12H14ClN3S. The van der Waals surface area contributed by atoms with Crippen molar-refractivity contribution in [3.8, 4) is 10.6 Å². The van der Waals surface area contributed by atoms with Crippen molar-refractivity contribution >= 4 is 29.6 Å². The fraction of sp³-hybridized carbons (Fsp3) is 0.333. The lowest BCUT2D eigenvalue weighted by Gasteiger charge is -1.97. The summed E-state index contributed by atoms with van der Waals surface area (Å²) in [5.74, 6) is 1.08. The summed E-state index contributed by atoms with van der Waals surface area (Å²) in [4.78, 5) is 10.2. The number of anilines is 1. The van der Waals surface area contributed by atoms with Crippen molar-refractivity contribution in [1.82, 2.24) is 9.97 Å². The van der Waals surface area contributed by atoms with E-state index in [4.69, 9.17) is 0 Å². The number of nitrogens with zero attached hydrogens (tertiary/aromatic N) is 2. The second-order valence-corrected chi connectivity index (χ2v) is 5.00. The molecule has 0 amide bonds. The van der Waals surface area contributed by atoms with Crippen LogP contribution in [0.25, 0.3) is 10.6 Å². The molecule has 0 saturated carbocycles. The van der Waals surface area contributed by atoms with Crippen LogP contribution in [0.15, 0.2) is 24.5 Å². The zero-order valence-electron chi connectivity index (χ0n) is 9.35. The molecule has 0 radical (unpaired) electrons. The second-order valence-electron chi connectivity index (χ2n) is 3.92. The summed E-state index contributed by atoms with van der Waals surface area (Å²) >= 11 is 1.79. The number of thiazole rings is 1. The van der Waals surface area contributed by atoms with E-state index in [2.05, 4.69) is 21.4 Å². The predicted molar refractivity (Wildman–Crippen MR) is 74.0 cm³/mol. The van der Waals surface area contributed by atoms with Gasteiger partial charge in [0.1, 0.15) is 10.8 Å². The van der Waals surface area contributed by atoms with E-state index < -0.39 is 0 Å². The van der Waals surface area contributed by atoms with Gasteiger partial charge in [-0.15, -0.1) is 23.7 Å². The molecule has 1 aliphatic rings. The topological polar surface area (TPSA) is 37.8 Å². The van der Waals surface area contributed by atoms with E-state index in [1.54, 1.807) is 17.5 Å². The summed E-state index contributed by atoms with van der Waals surface area (Å²) in [7, 11) is 0. The van der Waals surface area contributed by atoms with Gasteiger partial charge in [-0.05, 0) is 31.4 Å². The zero-order valence-corrected chi connectivity index (χ0v) is 11.0. The molecule has 17 heavy (non-hydrogen) atoms. The number of hydrogen-bond acceptors (Lipinski definition) is 4. The largest absolute Gasteiger partial charge is 0.369 e. The van der Waals surface area contributed by atoms with Crippen LogP contribution in [-0.2, 0) is 6.42 Å². The van der Waals surface area contributed by atoms with Crippen LogP contribution in [0.1, 0.15) is 17.7 Å². The van der Waals surface area contributed by atoms with Gasteiger partial charge in [-0.1, -0.05) is 0 Å². The standard InChI is InChI=1S/C12H13N3S.ClH/c1-2-7-14-11-10(5-1)16-12(15-11)9-4-3-6-13-8-9;/h3-4,6,8,14H,1-2,5,7H2;1H. The van der Waals surface area contributed by atoms with E-state index in [1.165, 1.54) is 17.7 Å². The fourth-order valence-electron chi connectivity index (χ4n) is 1.89. The first-order valence-electron chi connectivity index (χ1n) is 5.57. The molecule has 3 heterocycles. The molecule has 0 atom stereocenters. The van der Waals surface area contributed by atoms with Crippen molar-refractivity contribution in [3.63, 3.8) is 0 Å². The summed E-state index contributed by atoms with van der Waals surface area (Å²) in [5, 5.41) is 4.47. The molecule has 0 fully saturated rings. The number of nitrogens with one attached hydrogen (secondary N) is 1. The summed E-state index contributed by atoms with van der Waals surface area (Å²) in [6.45, 7) is 1.04. The molecule has 0 saturated heterocycles. The van der Waals surface area contributed by atoms with E-state index in [0.29, 0.717) is 0 Å². The van der Waals surface area contributed by atoms with Gasteiger partial charge in [0.2, 0.25) is 0 Å². The molecule has 5 heteroatoms. The lowest BCUT2D eigenvalue weighted by molar-refractivity contribution is 0.790. The van der Waals surface area contributed by atoms with Crippen molar-refractivity contribution in [1.29, 1.82) is 0 Å². The Kier molecular flexibility index (Phi) is 3.97. The fourth-order valence-corrected chi connectivity index (χ4v) is 2.96. The number of rotatable bonds is 1. The van der Waals surface area contributed by atoms with E-state index in [0.717, 1.165) is 29.4 Å². The van der Waals surface area contributed by atoms with Gasteiger partial charge in [-0.2, -0.15) is 0 Å². The summed E-state index contributed by atoms with van der Waals surface area (Å²) in [5.41, 5.74) is 1.11. The van der Waals surface area contributed by atoms with Gasteiger partial charge in [0.25, 0.3) is 0 Å². The third-order valence-corrected chi connectivity index (χ3v) is 3.89. The first-order chi connectivity index (χ1) is 7.93. The summed E-state index contributed by atoms with van der Waals surface area (Å²) < 4.78 is 0. The van der Waals surface area contributed by atoms with Crippen molar-refractivity contribution in [2.24, 2.45) is 0 Å². The molecule has 0 aliphatic carbocycles. The Morgan fingerprint density at radius 2 is 2.24 bits per heavy atom. The van der Waals surface area contributed by atoms with Gasteiger partial charge < -0.3 is 5.32 Å². The molecule has 1 N–H and O–H groups in total. The van der Waals surface area contributed by atoms with E-state index in [1.807, 2.05) is 12.3 Å². The van der Waals surface area contributed by atoms with Crippen molar-refractivity contribution in [2.45, 2.75) is 19.3 Å². The molecule has 3 nitrogen and oxygen atoms in total. The van der Waals surface area contributed by atoms with Crippen molar-refractivity contribution in [2.75, 3.05) is 11.9 Å². The number of halogens is 1. The maximum atomic E-state index is 4.65. The zero-order chi connectivity index (χ0) is 10.8. The molecular weight excluding hydrogens is 254 g/mol. The molecule has 90 valence electrons. The average molecular weight is 268 g/mol. The highest BCUT2D eigenvalue weighted by Crippen LogP contribution is 2.32. The Morgan fingerprint density at radius 3 is 3.06 bits per heavy atom. The summed E-state index contributed by atoms with van der Waals surface area (Å²) in [6.07, 6.45) is 7.32. The second kappa shape index (κ2) is 5.47. The third-order valence-electron chi connectivity index (χ3n) is 2.73. The SMILES string of the molecule is Cl.c1cncc(-c2nc3c(s2)CCCCN3)c1. The minimum atomic E-state index is 0. The maximum Gasteiger partial charge on any atom is 0.140 e. The van der Waals surface area contributed by atoms with Crippen molar-refractivity contribution in [3.05, 3.63) is 29.4 Å². The lowest BCUT2D eigenvalue weighted by atomic mass is 10.2. The number of pyridine rings is 1. The molecule has 2 aromatic rings. The van der Waals surface area contributed by atoms with Crippen LogP contribution in [0.2, 0.25) is 0 Å². The first-order valence-corrected chi connectivity index (χ1v) is 6.39. The van der Waals surface area contributed by atoms with Gasteiger partial charge in [0, 0.05) is 29.4 Å². The first kappa shape index (κ1) is 12.3. The van der Waals surface area contributed by atoms with Gasteiger partial charge in [-0.25, -0.2) is 4.98 Å².